The summed E-state index contributed by atoms with van der Waals surface area (Å²) < 4.78 is 0. The second-order valence-corrected chi connectivity index (χ2v) is 6.09. The molecule has 0 rings (SSSR count). The number of hydrogen-bond acceptors (Lipinski definition) is 16. The minimum absolute atomic E-state index is 0. The van der Waals surface area contributed by atoms with Crippen molar-refractivity contribution in [2.75, 3.05) is 0 Å². The Hall–Kier alpha value is -3.01. The number of hydrogen-bond donors (Lipinski definition) is 8. The van der Waals surface area contributed by atoms with Crippen LogP contribution in [0.2, 0.25) is 0 Å². The molecule has 0 fully saturated rings. The third-order valence-electron chi connectivity index (χ3n) is 2.79. The van der Waals surface area contributed by atoms with Gasteiger partial charge in [0, 0.05) is 0 Å². The molecule has 38 heavy (non-hydrogen) atoms. The monoisotopic (exact) mass is 616 g/mol. The summed E-state index contributed by atoms with van der Waals surface area (Å²) in [6.45, 7) is 0. The number of nitrogens with two attached hydrogens (primary N) is 4. The van der Waals surface area contributed by atoms with Crippen LogP contribution >= 0.6 is 0 Å². The molecule has 0 aromatic carbocycles. The Balaban J connectivity index is -0.0000000883. The molecule has 12 N–H and O–H groups in total. The summed E-state index contributed by atoms with van der Waals surface area (Å²) in [7, 11) is 0. The van der Waals surface area contributed by atoms with Gasteiger partial charge in [0.2, 0.25) is 0 Å². The van der Waals surface area contributed by atoms with Crippen LogP contribution in [-0.4, -0.2) is 115 Å². The molecule has 0 aliphatic rings. The largest absolute Gasteiger partial charge is 2.00 e. The normalized spacial score (nSPS) is 11.9. The fraction of sp³-hybridized carbons (Fsp3) is 0.500. The van der Waals surface area contributed by atoms with E-state index in [1.165, 1.54) is 0 Å². The first-order valence-electron chi connectivity index (χ1n) is 8.88. The van der Waals surface area contributed by atoms with E-state index in [2.05, 4.69) is 0 Å². The third kappa shape index (κ3) is 40.2. The van der Waals surface area contributed by atoms with Gasteiger partial charge in [-0.3, -0.25) is 19.2 Å². The summed E-state index contributed by atoms with van der Waals surface area (Å²) >= 11 is 0. The van der Waals surface area contributed by atoms with E-state index >= 15 is 0 Å². The van der Waals surface area contributed by atoms with Gasteiger partial charge in [0.15, 0.2) is 0 Å². The molecule has 0 aliphatic carbocycles. The van der Waals surface area contributed by atoms with Gasteiger partial charge in [0.05, 0.1) is 73.7 Å². The van der Waals surface area contributed by atoms with Gasteiger partial charge in [-0.1, -0.05) is 0 Å². The SMILES string of the molecule is N[C@@H](CC(=O)O)C(=O)[O-].N[C@@H](CC(=O)O)C(=O)[O-].N[C@@H](CC(=O)O)C(=O)[O-].N[C@@H](CC(=O)O)C(=O)[O-].[Mg+2].[Zn+2]. The van der Waals surface area contributed by atoms with Gasteiger partial charge >= 0.3 is 66.4 Å². The van der Waals surface area contributed by atoms with Gasteiger partial charge in [-0.25, -0.2) is 0 Å². The summed E-state index contributed by atoms with van der Waals surface area (Å²) in [5.41, 5.74) is 19.1. The van der Waals surface area contributed by atoms with Crippen molar-refractivity contribution in [2.24, 2.45) is 22.9 Å². The van der Waals surface area contributed by atoms with Crippen molar-refractivity contribution < 1.29 is 98.7 Å². The Kier molecular flexibility index (Phi) is 34.2. The number of rotatable bonds is 12. The molecule has 0 heterocycles. The molecule has 0 aliphatic heterocycles. The minimum Gasteiger partial charge on any atom is -0.548 e. The molecule has 0 saturated carbocycles. The standard InChI is InChI=1S/4C4H7NO4.Mg.Zn/c4*5-2(4(8)9)1-3(6)7;;/h4*2H,1,5H2,(H,6,7)(H,8,9);;/q;;;;2*+2/p-4/t4*2-;;/m0000../s1. The van der Waals surface area contributed by atoms with Crippen molar-refractivity contribution in [2.45, 2.75) is 49.9 Å². The molecule has 0 aromatic heterocycles. The van der Waals surface area contributed by atoms with Gasteiger partial charge < -0.3 is 83.0 Å². The molecule has 0 amide bonds. The van der Waals surface area contributed by atoms with Crippen LogP contribution in [0.4, 0.5) is 0 Å². The van der Waals surface area contributed by atoms with Crippen molar-refractivity contribution >= 4 is 70.8 Å². The molecular weight excluding hydrogens is 594 g/mol. The van der Waals surface area contributed by atoms with Crippen LogP contribution in [0.15, 0.2) is 0 Å². The number of carboxylic acids is 8. The molecule has 20 nitrogen and oxygen atoms in total. The van der Waals surface area contributed by atoms with E-state index in [0.717, 1.165) is 0 Å². The maximum absolute atomic E-state index is 9.74. The second kappa shape index (κ2) is 27.0. The zero-order valence-corrected chi connectivity index (χ0v) is 23.9. The summed E-state index contributed by atoms with van der Waals surface area (Å²) in [5.74, 6) is -11.2. The summed E-state index contributed by atoms with van der Waals surface area (Å²) in [4.78, 5) is 77.9. The third-order valence-corrected chi connectivity index (χ3v) is 2.79. The average Bonchev–Trinajstić information content (AvgIpc) is 2.67. The fourth-order valence-electron chi connectivity index (χ4n) is 1.09. The van der Waals surface area contributed by atoms with Crippen molar-refractivity contribution in [1.29, 1.82) is 0 Å². The van der Waals surface area contributed by atoms with Crippen LogP contribution in [0.3, 0.4) is 0 Å². The second-order valence-electron chi connectivity index (χ2n) is 6.09. The first kappa shape index (κ1) is 48.1. The Labute approximate surface area is 241 Å². The van der Waals surface area contributed by atoms with Gasteiger partial charge in [-0.2, -0.15) is 0 Å². The van der Waals surface area contributed by atoms with Crippen LogP contribution in [0.1, 0.15) is 25.7 Å². The summed E-state index contributed by atoms with van der Waals surface area (Å²) in [6, 6.07) is -5.60. The fourth-order valence-corrected chi connectivity index (χ4v) is 1.09. The van der Waals surface area contributed by atoms with Gasteiger partial charge in [-0.05, 0) is 0 Å². The van der Waals surface area contributed by atoms with Crippen molar-refractivity contribution in [3.8, 4) is 0 Å². The summed E-state index contributed by atoms with van der Waals surface area (Å²) in [5, 5.41) is 70.8. The molecule has 0 bridgehead atoms. The first-order chi connectivity index (χ1) is 16.1. The number of carbonyl (C=O) groups excluding carboxylic acids is 4. The molecule has 0 saturated heterocycles. The maximum Gasteiger partial charge on any atom is 2.00 e. The zero-order valence-electron chi connectivity index (χ0n) is 19.5. The first-order valence-corrected chi connectivity index (χ1v) is 8.88. The minimum atomic E-state index is -1.54. The Bertz CT molecular complexity index is 671. The molecule has 0 spiro atoms. The van der Waals surface area contributed by atoms with Crippen LogP contribution in [0.25, 0.3) is 0 Å². The molecule has 0 aromatic rings. The van der Waals surface area contributed by atoms with E-state index in [-0.39, 0.29) is 42.5 Å². The Morgan fingerprint density at radius 1 is 0.447 bits per heavy atom. The maximum atomic E-state index is 9.74. The molecule has 208 valence electrons. The Morgan fingerprint density at radius 3 is 0.579 bits per heavy atom. The zero-order chi connectivity index (χ0) is 29.8. The van der Waals surface area contributed by atoms with Gasteiger partial charge in [-0.15, -0.1) is 0 Å². The number of aliphatic carboxylic acids is 8. The molecular formula is C16H24MgN4O16Zn. The van der Waals surface area contributed by atoms with Crippen LogP contribution in [-0.2, 0) is 57.8 Å². The average molecular weight is 618 g/mol. The molecule has 4 atom stereocenters. The van der Waals surface area contributed by atoms with E-state index in [0.29, 0.717) is 0 Å². The van der Waals surface area contributed by atoms with Gasteiger partial charge in [0.1, 0.15) is 0 Å². The molecule has 22 heteroatoms. The van der Waals surface area contributed by atoms with E-state index < -0.39 is 97.6 Å². The van der Waals surface area contributed by atoms with Crippen LogP contribution in [0, 0.1) is 0 Å². The number of carbonyl (C=O) groups is 8. The van der Waals surface area contributed by atoms with Crippen molar-refractivity contribution in [1.82, 2.24) is 0 Å². The predicted molar refractivity (Wildman–Crippen MR) is 107 cm³/mol. The molecule has 0 unspecified atom stereocenters. The van der Waals surface area contributed by atoms with Crippen molar-refractivity contribution in [3.63, 3.8) is 0 Å². The summed E-state index contributed by atoms with van der Waals surface area (Å²) in [6.07, 6.45) is -2.38. The van der Waals surface area contributed by atoms with Crippen LogP contribution in [0.5, 0.6) is 0 Å². The number of carboxylic acid groups (broad SMARTS) is 8. The quantitative estimate of drug-likeness (QED) is 0.0941. The van der Waals surface area contributed by atoms with E-state index in [1.807, 2.05) is 0 Å². The Morgan fingerprint density at radius 2 is 0.553 bits per heavy atom. The smallest absolute Gasteiger partial charge is 0.548 e. The molecule has 0 radical (unpaired) electrons. The van der Waals surface area contributed by atoms with Crippen LogP contribution < -0.4 is 43.4 Å². The van der Waals surface area contributed by atoms with E-state index in [1.54, 1.807) is 0 Å². The van der Waals surface area contributed by atoms with Crippen molar-refractivity contribution in [3.05, 3.63) is 0 Å². The topological polar surface area (TPSA) is 414 Å². The van der Waals surface area contributed by atoms with E-state index in [4.69, 9.17) is 43.4 Å². The van der Waals surface area contributed by atoms with Gasteiger partial charge in [0.25, 0.3) is 0 Å². The predicted octanol–water partition coefficient (Wildman–Crippen LogP) is -10.2. The van der Waals surface area contributed by atoms with E-state index in [9.17, 15) is 58.8 Å².